The number of imidazole rings is 1. The highest BCUT2D eigenvalue weighted by Gasteiger charge is 2.16. The van der Waals surface area contributed by atoms with Crippen molar-refractivity contribution >= 4 is 60.5 Å². The first-order chi connectivity index (χ1) is 11.8. The smallest absolute Gasteiger partial charge is 0.177 e. The van der Waals surface area contributed by atoms with Gasteiger partial charge in [0, 0.05) is 17.2 Å². The summed E-state index contributed by atoms with van der Waals surface area (Å²) in [6.07, 6.45) is 7.30. The van der Waals surface area contributed by atoms with Gasteiger partial charge in [-0.3, -0.25) is 0 Å². The molecule has 4 aromatic rings. The summed E-state index contributed by atoms with van der Waals surface area (Å²) >= 11 is 6.65. The summed E-state index contributed by atoms with van der Waals surface area (Å²) in [4.78, 5) is 23.1. The average Bonchev–Trinajstić information content (AvgIpc) is 3.15. The molecule has 0 bridgehead atoms. The first kappa shape index (κ1) is 15.9. The van der Waals surface area contributed by atoms with Crippen molar-refractivity contribution in [2.45, 2.75) is 35.8 Å². The Morgan fingerprint density at radius 3 is 3.04 bits per heavy atom. The molecule has 122 valence electrons. The summed E-state index contributed by atoms with van der Waals surface area (Å²) in [6.45, 7) is 3.07. The van der Waals surface area contributed by atoms with E-state index in [0.717, 1.165) is 54.9 Å². The Morgan fingerprint density at radius 2 is 2.21 bits per heavy atom. The van der Waals surface area contributed by atoms with Crippen LogP contribution >= 0.6 is 39.0 Å². The molecule has 9 heteroatoms. The molecule has 0 spiro atoms. The molecule has 0 radical (unpaired) electrons. The largest absolute Gasteiger partial charge is 0.303 e. The van der Waals surface area contributed by atoms with Crippen LogP contribution in [0.1, 0.15) is 19.8 Å². The van der Waals surface area contributed by atoms with Gasteiger partial charge in [-0.2, -0.15) is 0 Å². The molecule has 4 rings (SSSR count). The number of thiazole rings is 1. The lowest BCUT2D eigenvalue weighted by atomic mass is 10.3. The molecular weight excluding hydrogens is 408 g/mol. The molecule has 0 aliphatic rings. The Morgan fingerprint density at radius 1 is 1.29 bits per heavy atom. The molecule has 0 saturated heterocycles. The maximum Gasteiger partial charge on any atom is 0.177 e. The second-order valence-electron chi connectivity index (χ2n) is 5.16. The fourth-order valence-corrected chi connectivity index (χ4v) is 4.91. The Balaban J connectivity index is 1.76. The van der Waals surface area contributed by atoms with E-state index in [2.05, 4.69) is 52.3 Å². The van der Waals surface area contributed by atoms with Crippen molar-refractivity contribution in [1.82, 2.24) is 29.5 Å². The SMILES string of the molecule is CCCCn1c(Sc2nc3c(Br)ccnc3s2)nc2cncnc21. The van der Waals surface area contributed by atoms with Gasteiger partial charge in [0.2, 0.25) is 0 Å². The highest BCUT2D eigenvalue weighted by molar-refractivity contribution is 9.10. The number of hydrogen-bond donors (Lipinski definition) is 0. The third-order valence-electron chi connectivity index (χ3n) is 3.52. The Bertz CT molecular complexity index is 1010. The standard InChI is InChI=1S/C15H13BrN6S2/c1-2-3-6-22-12-10(7-17-8-19-12)20-14(22)24-15-21-11-9(16)4-5-18-13(11)23-15/h4-5,7-8H,2-3,6H2,1H3. The lowest BCUT2D eigenvalue weighted by molar-refractivity contribution is 0.598. The second kappa shape index (κ2) is 6.73. The number of unbranched alkanes of at least 4 members (excludes halogenated alkanes) is 1. The van der Waals surface area contributed by atoms with Gasteiger partial charge in [0.15, 0.2) is 15.1 Å². The van der Waals surface area contributed by atoms with E-state index in [-0.39, 0.29) is 0 Å². The van der Waals surface area contributed by atoms with Crippen LogP contribution in [0, 0.1) is 0 Å². The van der Waals surface area contributed by atoms with Crippen LogP contribution in [0.2, 0.25) is 0 Å². The fourth-order valence-electron chi connectivity index (χ4n) is 2.36. The molecular formula is C15H13BrN6S2. The first-order valence-corrected chi connectivity index (χ1v) is 9.94. The van der Waals surface area contributed by atoms with Crippen molar-refractivity contribution in [2.75, 3.05) is 0 Å². The Labute approximate surface area is 154 Å². The maximum atomic E-state index is 4.69. The van der Waals surface area contributed by atoms with Gasteiger partial charge in [-0.05, 0) is 40.2 Å². The third-order valence-corrected chi connectivity index (χ3v) is 6.18. The molecule has 0 N–H and O–H groups in total. The fraction of sp³-hybridized carbons (Fsp3) is 0.267. The average molecular weight is 421 g/mol. The molecule has 0 aromatic carbocycles. The third kappa shape index (κ3) is 2.91. The highest BCUT2D eigenvalue weighted by Crippen LogP contribution is 2.36. The van der Waals surface area contributed by atoms with E-state index >= 15 is 0 Å². The molecule has 0 unspecified atom stereocenters. The molecule has 0 aliphatic carbocycles. The van der Waals surface area contributed by atoms with Crippen molar-refractivity contribution in [3.63, 3.8) is 0 Å². The van der Waals surface area contributed by atoms with E-state index < -0.39 is 0 Å². The number of pyridine rings is 1. The zero-order chi connectivity index (χ0) is 16.5. The van der Waals surface area contributed by atoms with E-state index in [0.29, 0.717) is 0 Å². The van der Waals surface area contributed by atoms with Gasteiger partial charge in [-0.1, -0.05) is 24.7 Å². The van der Waals surface area contributed by atoms with Crippen molar-refractivity contribution in [2.24, 2.45) is 0 Å². The van der Waals surface area contributed by atoms with Crippen LogP contribution < -0.4 is 0 Å². The van der Waals surface area contributed by atoms with Crippen molar-refractivity contribution < 1.29 is 0 Å². The summed E-state index contributed by atoms with van der Waals surface area (Å²) in [5, 5.41) is 0.897. The quantitative estimate of drug-likeness (QED) is 0.471. The highest BCUT2D eigenvalue weighted by atomic mass is 79.9. The van der Waals surface area contributed by atoms with Crippen LogP contribution in [0.5, 0.6) is 0 Å². The van der Waals surface area contributed by atoms with E-state index in [4.69, 9.17) is 0 Å². The van der Waals surface area contributed by atoms with Gasteiger partial charge in [0.25, 0.3) is 0 Å². The van der Waals surface area contributed by atoms with Crippen LogP contribution in [-0.4, -0.2) is 29.5 Å². The number of fused-ring (bicyclic) bond motifs is 2. The van der Waals surface area contributed by atoms with Crippen molar-refractivity contribution in [1.29, 1.82) is 0 Å². The van der Waals surface area contributed by atoms with E-state index in [9.17, 15) is 0 Å². The normalized spacial score (nSPS) is 11.6. The molecule has 0 amide bonds. The first-order valence-electron chi connectivity index (χ1n) is 7.51. The minimum absolute atomic E-state index is 0.816. The van der Waals surface area contributed by atoms with Crippen LogP contribution in [0.4, 0.5) is 0 Å². The number of nitrogens with zero attached hydrogens (tertiary/aromatic N) is 6. The lowest BCUT2D eigenvalue weighted by Gasteiger charge is -2.05. The Hall–Kier alpha value is -1.58. The zero-order valence-electron chi connectivity index (χ0n) is 12.8. The van der Waals surface area contributed by atoms with Crippen LogP contribution in [-0.2, 0) is 6.54 Å². The van der Waals surface area contributed by atoms with Gasteiger partial charge in [0.1, 0.15) is 22.2 Å². The lowest BCUT2D eigenvalue weighted by Crippen LogP contribution is -2.00. The molecule has 4 heterocycles. The monoisotopic (exact) mass is 420 g/mol. The number of aryl methyl sites for hydroxylation is 1. The maximum absolute atomic E-state index is 4.69. The Kier molecular flexibility index (Phi) is 4.47. The second-order valence-corrected chi connectivity index (χ2v) is 8.21. The number of halogens is 1. The molecule has 24 heavy (non-hydrogen) atoms. The van der Waals surface area contributed by atoms with Crippen LogP contribution in [0.15, 0.2) is 38.8 Å². The van der Waals surface area contributed by atoms with Crippen LogP contribution in [0.25, 0.3) is 21.5 Å². The summed E-state index contributed by atoms with van der Waals surface area (Å²) in [7, 11) is 0. The van der Waals surface area contributed by atoms with E-state index in [1.165, 1.54) is 0 Å². The van der Waals surface area contributed by atoms with E-state index in [1.54, 1.807) is 41.8 Å². The summed E-state index contributed by atoms with van der Waals surface area (Å²) in [5.41, 5.74) is 2.58. The summed E-state index contributed by atoms with van der Waals surface area (Å²) in [6, 6.07) is 1.91. The molecule has 0 atom stereocenters. The van der Waals surface area contributed by atoms with Gasteiger partial charge >= 0.3 is 0 Å². The van der Waals surface area contributed by atoms with Gasteiger partial charge in [0.05, 0.1) is 6.20 Å². The minimum atomic E-state index is 0.816. The predicted octanol–water partition coefficient (Wildman–Crippen LogP) is 4.54. The van der Waals surface area contributed by atoms with Crippen LogP contribution in [0.3, 0.4) is 0 Å². The molecule has 4 aromatic heterocycles. The molecule has 0 fully saturated rings. The van der Waals surface area contributed by atoms with Gasteiger partial charge < -0.3 is 4.57 Å². The molecule has 0 saturated carbocycles. The minimum Gasteiger partial charge on any atom is -0.303 e. The number of rotatable bonds is 5. The van der Waals surface area contributed by atoms with E-state index in [1.807, 2.05) is 6.07 Å². The summed E-state index contributed by atoms with van der Waals surface area (Å²) < 4.78 is 4.03. The number of aromatic nitrogens is 6. The molecule has 0 aliphatic heterocycles. The van der Waals surface area contributed by atoms with Crippen molar-refractivity contribution in [3.8, 4) is 0 Å². The summed E-state index contributed by atoms with van der Waals surface area (Å²) in [5.74, 6) is 0. The van der Waals surface area contributed by atoms with Gasteiger partial charge in [-0.25, -0.2) is 24.9 Å². The number of hydrogen-bond acceptors (Lipinski definition) is 7. The molecule has 6 nitrogen and oxygen atoms in total. The van der Waals surface area contributed by atoms with Crippen molar-refractivity contribution in [3.05, 3.63) is 29.3 Å². The zero-order valence-corrected chi connectivity index (χ0v) is 16.0. The topological polar surface area (TPSA) is 69.4 Å². The van der Waals surface area contributed by atoms with Gasteiger partial charge in [-0.15, -0.1) is 0 Å². The predicted molar refractivity (Wildman–Crippen MR) is 99.5 cm³/mol.